The maximum atomic E-state index is 13.8. The van der Waals surface area contributed by atoms with Gasteiger partial charge in [0.05, 0.1) is 22.5 Å². The fraction of sp³-hybridized carbons (Fsp3) is 0.214. The molecule has 0 saturated heterocycles. The lowest BCUT2D eigenvalue weighted by Gasteiger charge is -2.16. The van der Waals surface area contributed by atoms with E-state index < -0.39 is 10.5 Å². The molecule has 188 valence electrons. The lowest BCUT2D eigenvalue weighted by atomic mass is 9.93. The number of benzene rings is 3. The second-order valence-electron chi connectivity index (χ2n) is 8.93. The van der Waals surface area contributed by atoms with Crippen molar-refractivity contribution < 1.29 is 16.5 Å². The van der Waals surface area contributed by atoms with Gasteiger partial charge in [0, 0.05) is 22.8 Å². The number of unbranched alkanes of at least 4 members (excludes halogenated alkanes) is 1. The van der Waals surface area contributed by atoms with Gasteiger partial charge < -0.3 is 13.7 Å². The van der Waals surface area contributed by atoms with E-state index in [-0.39, 0.29) is 11.2 Å². The molecule has 0 spiro atoms. The van der Waals surface area contributed by atoms with E-state index in [4.69, 9.17) is 0 Å². The molecule has 3 aromatic carbocycles. The summed E-state index contributed by atoms with van der Waals surface area (Å²) < 4.78 is 41.8. The van der Waals surface area contributed by atoms with E-state index in [0.29, 0.717) is 51.5 Å². The number of rotatable bonds is 7. The molecular weight excluding hydrogens is 493 g/mol. The number of nitrogens with zero attached hydrogens (tertiary/aromatic N) is 2. The quantitative estimate of drug-likeness (QED) is 0.262. The number of hydrogen-bond acceptors (Lipinski definition) is 5. The third-order valence-electron chi connectivity index (χ3n) is 6.62. The second-order valence-corrected chi connectivity index (χ2v) is 9.88. The molecule has 37 heavy (non-hydrogen) atoms. The minimum Gasteiger partial charge on any atom is -0.358 e. The predicted octanol–water partition coefficient (Wildman–Crippen LogP) is 6.13. The number of aryl methyl sites for hydroxylation is 2. The normalized spacial score (nSPS) is 11.8. The van der Waals surface area contributed by atoms with Crippen LogP contribution in [0.5, 0.6) is 5.75 Å². The van der Waals surface area contributed by atoms with Gasteiger partial charge in [-0.3, -0.25) is 4.79 Å². The van der Waals surface area contributed by atoms with E-state index in [2.05, 4.69) is 22.2 Å². The summed E-state index contributed by atoms with van der Waals surface area (Å²) in [6.45, 7) is 4.64. The maximum Gasteiger partial charge on any atom is 0.488 e. The van der Waals surface area contributed by atoms with Gasteiger partial charge in [0.25, 0.3) is 0 Å². The highest BCUT2D eigenvalue weighted by Gasteiger charge is 2.19. The smallest absolute Gasteiger partial charge is 0.358 e. The Bertz CT molecular complexity index is 1900. The van der Waals surface area contributed by atoms with E-state index in [9.17, 15) is 22.4 Å². The van der Waals surface area contributed by atoms with Crippen LogP contribution in [0.3, 0.4) is 0 Å². The monoisotopic (exact) mass is 517 g/mol. The average molecular weight is 518 g/mol. The van der Waals surface area contributed by atoms with Crippen molar-refractivity contribution in [2.45, 2.75) is 39.7 Å². The fourth-order valence-corrected chi connectivity index (χ4v) is 5.31. The molecule has 7 nitrogen and oxygen atoms in total. The highest BCUT2D eigenvalue weighted by atomic mass is 32.3. The molecule has 0 aliphatic heterocycles. The number of nitriles is 1. The molecule has 1 N–H and O–H groups in total. The van der Waals surface area contributed by atoms with Gasteiger partial charge in [0.15, 0.2) is 5.43 Å². The van der Waals surface area contributed by atoms with Crippen molar-refractivity contribution in [1.82, 2.24) is 9.55 Å². The number of fused-ring (bicyclic) bond motifs is 4. The minimum absolute atomic E-state index is 0.101. The summed E-state index contributed by atoms with van der Waals surface area (Å²) in [7, 11) is -5.16. The topological polar surface area (TPSA) is 105 Å². The predicted molar refractivity (Wildman–Crippen MR) is 143 cm³/mol. The largest absolute Gasteiger partial charge is 0.488 e. The van der Waals surface area contributed by atoms with Crippen LogP contribution in [0.2, 0.25) is 0 Å². The summed E-state index contributed by atoms with van der Waals surface area (Å²) in [6, 6.07) is 17.5. The first-order valence-corrected chi connectivity index (χ1v) is 13.3. The first kappa shape index (κ1) is 24.5. The van der Waals surface area contributed by atoms with Crippen LogP contribution in [0.1, 0.15) is 37.8 Å². The molecule has 0 bridgehead atoms. The first-order chi connectivity index (χ1) is 17.7. The van der Waals surface area contributed by atoms with Gasteiger partial charge in [0.2, 0.25) is 0 Å². The molecule has 2 aromatic heterocycles. The standard InChI is InChI=1S/C28H24FN3O4S/c1-3-5-7-19-14-23-25(15-22(19)18-8-6-9-20(13-18)36-37(29,34)35)32(4-2)28-26(27(23)33)21-11-10-17(16-30)12-24(21)31-28/h6,8-15,31H,3-5,7H2,1-2H3. The number of hydrogen-bond donors (Lipinski definition) is 1. The number of nitrogens with one attached hydrogen (secondary N) is 1. The molecule has 0 saturated carbocycles. The number of aromatic amines is 1. The zero-order chi connectivity index (χ0) is 26.3. The van der Waals surface area contributed by atoms with E-state index in [0.717, 1.165) is 29.4 Å². The number of pyridine rings is 1. The first-order valence-electron chi connectivity index (χ1n) is 12.0. The molecular formula is C28H24FN3O4S. The summed E-state index contributed by atoms with van der Waals surface area (Å²) in [5, 5.41) is 11.2. The van der Waals surface area contributed by atoms with Crippen molar-refractivity contribution in [3.8, 4) is 22.9 Å². The Morgan fingerprint density at radius 2 is 1.89 bits per heavy atom. The third-order valence-corrected chi connectivity index (χ3v) is 7.01. The van der Waals surface area contributed by atoms with E-state index in [1.807, 2.05) is 23.6 Å². The Morgan fingerprint density at radius 3 is 2.59 bits per heavy atom. The van der Waals surface area contributed by atoms with E-state index in [1.165, 1.54) is 12.1 Å². The molecule has 0 fully saturated rings. The molecule has 0 aliphatic rings. The Morgan fingerprint density at radius 1 is 1.08 bits per heavy atom. The molecule has 0 atom stereocenters. The molecule has 2 heterocycles. The molecule has 9 heteroatoms. The van der Waals surface area contributed by atoms with Gasteiger partial charge in [-0.25, -0.2) is 0 Å². The fourth-order valence-electron chi connectivity index (χ4n) is 4.98. The summed E-state index contributed by atoms with van der Waals surface area (Å²) in [5.41, 5.74) is 4.89. The highest BCUT2D eigenvalue weighted by molar-refractivity contribution is 7.81. The van der Waals surface area contributed by atoms with Crippen molar-refractivity contribution in [2.24, 2.45) is 0 Å². The second kappa shape index (κ2) is 9.37. The van der Waals surface area contributed by atoms with Gasteiger partial charge in [-0.1, -0.05) is 35.4 Å². The molecule has 5 rings (SSSR count). The van der Waals surface area contributed by atoms with Gasteiger partial charge in [-0.15, -0.1) is 0 Å². The Labute approximate surface area is 213 Å². The van der Waals surface area contributed by atoms with Gasteiger partial charge in [-0.05, 0) is 72.9 Å². The Balaban J connectivity index is 1.84. The molecule has 0 radical (unpaired) electrons. The van der Waals surface area contributed by atoms with Crippen molar-refractivity contribution >= 4 is 43.3 Å². The average Bonchev–Trinajstić information content (AvgIpc) is 3.25. The lowest BCUT2D eigenvalue weighted by molar-refractivity contribution is 0.440. The van der Waals surface area contributed by atoms with Crippen LogP contribution >= 0.6 is 0 Å². The van der Waals surface area contributed by atoms with Crippen LogP contribution in [-0.4, -0.2) is 18.0 Å². The van der Waals surface area contributed by atoms with Crippen LogP contribution in [0, 0.1) is 11.3 Å². The SMILES string of the molecule is CCCCc1cc2c(=O)c3c4ccc(C#N)cc4[nH]c3n(CC)c2cc1-c1cccc(OS(=O)(=O)F)c1. The third kappa shape index (κ3) is 4.45. The molecule has 5 aromatic rings. The number of halogens is 1. The Hall–Kier alpha value is -4.16. The highest BCUT2D eigenvalue weighted by Crippen LogP contribution is 2.34. The summed E-state index contributed by atoms with van der Waals surface area (Å²) in [5.74, 6) is -0.131. The molecule has 0 amide bonds. The van der Waals surface area contributed by atoms with Crippen molar-refractivity contribution in [1.29, 1.82) is 5.26 Å². The van der Waals surface area contributed by atoms with Crippen molar-refractivity contribution in [3.63, 3.8) is 0 Å². The van der Waals surface area contributed by atoms with Crippen LogP contribution < -0.4 is 9.61 Å². The van der Waals surface area contributed by atoms with Crippen LogP contribution in [0.25, 0.3) is 44.0 Å². The molecule has 0 unspecified atom stereocenters. The zero-order valence-electron chi connectivity index (χ0n) is 20.3. The van der Waals surface area contributed by atoms with Gasteiger partial charge >= 0.3 is 10.5 Å². The maximum absolute atomic E-state index is 13.8. The Kier molecular flexibility index (Phi) is 6.21. The summed E-state index contributed by atoms with van der Waals surface area (Å²) >= 11 is 0. The van der Waals surface area contributed by atoms with E-state index in [1.54, 1.807) is 30.3 Å². The summed E-state index contributed by atoms with van der Waals surface area (Å²) in [4.78, 5) is 17.2. The van der Waals surface area contributed by atoms with E-state index >= 15 is 0 Å². The number of aromatic nitrogens is 2. The minimum atomic E-state index is -5.16. The van der Waals surface area contributed by atoms with Crippen LogP contribution in [0.4, 0.5) is 3.89 Å². The summed E-state index contributed by atoms with van der Waals surface area (Å²) in [6.07, 6.45) is 2.54. The zero-order valence-corrected chi connectivity index (χ0v) is 21.2. The van der Waals surface area contributed by atoms with Gasteiger partial charge in [-0.2, -0.15) is 13.7 Å². The van der Waals surface area contributed by atoms with Crippen LogP contribution in [0.15, 0.2) is 59.4 Å². The van der Waals surface area contributed by atoms with Crippen molar-refractivity contribution in [3.05, 3.63) is 75.9 Å². The van der Waals surface area contributed by atoms with Gasteiger partial charge in [0.1, 0.15) is 11.4 Å². The number of H-pyrrole nitrogens is 1. The van der Waals surface area contributed by atoms with Crippen LogP contribution in [-0.2, 0) is 23.5 Å². The van der Waals surface area contributed by atoms with Crippen molar-refractivity contribution in [2.75, 3.05) is 0 Å². The lowest BCUT2D eigenvalue weighted by Crippen LogP contribution is -2.11. The molecule has 0 aliphatic carbocycles.